The van der Waals surface area contributed by atoms with Crippen LogP contribution in [0.1, 0.15) is 95.4 Å². The van der Waals surface area contributed by atoms with E-state index in [-0.39, 0.29) is 33.9 Å². The fourth-order valence-electron chi connectivity index (χ4n) is 4.69. The highest BCUT2D eigenvalue weighted by Crippen LogP contribution is 2.29. The van der Waals surface area contributed by atoms with Crippen LogP contribution < -0.4 is 5.73 Å². The molecule has 0 radical (unpaired) electrons. The first-order valence-corrected chi connectivity index (χ1v) is 18.3. The molecule has 6 atom stereocenters. The molecule has 9 nitrogen and oxygen atoms in total. The largest absolute Gasteiger partial charge is 0.489 e. The Kier molecular flexibility index (Phi) is 21.4. The lowest BCUT2D eigenvalue weighted by Gasteiger charge is -2.33. The predicted molar refractivity (Wildman–Crippen MR) is 195 cm³/mol. The number of nitrogens with two attached hydrogens (primary N) is 1. The van der Waals surface area contributed by atoms with Gasteiger partial charge < -0.3 is 43.6 Å². The number of hydrogen-bond acceptors (Lipinski definition) is 9. The average Bonchev–Trinajstić information content (AvgIpc) is 3.07. The molecule has 1 heterocycles. The summed E-state index contributed by atoms with van der Waals surface area (Å²) in [5.74, 6) is 1.35. The monoisotopic (exact) mass is 684 g/mol. The van der Waals surface area contributed by atoms with Crippen molar-refractivity contribution in [2.45, 2.75) is 108 Å². The van der Waals surface area contributed by atoms with Crippen molar-refractivity contribution in [1.29, 1.82) is 0 Å². The van der Waals surface area contributed by atoms with E-state index >= 15 is 0 Å². The quantitative estimate of drug-likeness (QED) is 0.305. The van der Waals surface area contributed by atoms with E-state index < -0.39 is 0 Å². The molecule has 1 aliphatic heterocycles. The molecule has 0 aliphatic carbocycles. The van der Waals surface area contributed by atoms with Crippen LogP contribution in [-0.2, 0) is 37.9 Å². The Hall–Kier alpha value is -1.46. The smallest absolute Gasteiger partial charge is 0.160 e. The van der Waals surface area contributed by atoms with Crippen molar-refractivity contribution >= 4 is 0 Å². The van der Waals surface area contributed by atoms with Crippen LogP contribution in [0.3, 0.4) is 0 Å². The maximum Gasteiger partial charge on any atom is 0.160 e. The summed E-state index contributed by atoms with van der Waals surface area (Å²) in [7, 11) is 0. The van der Waals surface area contributed by atoms with Crippen molar-refractivity contribution in [2.75, 3.05) is 85.8 Å². The molecule has 282 valence electrons. The molecule has 0 aromatic carbocycles. The van der Waals surface area contributed by atoms with E-state index in [2.05, 4.69) is 62.3 Å². The molecule has 0 saturated carbocycles. The minimum Gasteiger partial charge on any atom is -0.489 e. The molecular weight excluding hydrogens is 610 g/mol. The van der Waals surface area contributed by atoms with Gasteiger partial charge in [0.15, 0.2) is 11.5 Å². The summed E-state index contributed by atoms with van der Waals surface area (Å²) >= 11 is 0. The minimum atomic E-state index is -0.321. The number of ether oxygens (including phenoxy) is 8. The summed E-state index contributed by atoms with van der Waals surface area (Å²) in [4.78, 5) is 0. The molecule has 0 saturated heterocycles. The minimum absolute atomic E-state index is 0.0591. The first kappa shape index (κ1) is 44.6. The zero-order valence-electron chi connectivity index (χ0n) is 32.6. The van der Waals surface area contributed by atoms with E-state index in [1.165, 1.54) is 0 Å². The van der Waals surface area contributed by atoms with E-state index in [4.69, 9.17) is 43.6 Å². The fourth-order valence-corrected chi connectivity index (χ4v) is 4.69. The first-order chi connectivity index (χ1) is 22.8. The van der Waals surface area contributed by atoms with Gasteiger partial charge in [-0.25, -0.2) is 0 Å². The van der Waals surface area contributed by atoms with Crippen molar-refractivity contribution in [3.05, 3.63) is 35.8 Å². The van der Waals surface area contributed by atoms with E-state index in [0.29, 0.717) is 97.3 Å². The van der Waals surface area contributed by atoms with Crippen LogP contribution in [0, 0.1) is 21.7 Å². The summed E-state index contributed by atoms with van der Waals surface area (Å²) < 4.78 is 49.8. The standard InChI is InChI=1S/C39H73NO8/c1-12-17-34-35(18-13-2)48-31-38(10,16-5)27-43-25-36(8,14-3)24-41-19-21-45-32(6)33(7)47-30-37(9,15-4)26-44-29-39(11,23-40)28-42-20-22-46-34/h12-13,17-18,32-33H,14-16,19-31,40H2,1-11H3/b17-12-,18-13-,35-34-. The Morgan fingerprint density at radius 1 is 0.542 bits per heavy atom. The number of hydrogen-bond donors (Lipinski definition) is 1. The van der Waals surface area contributed by atoms with Gasteiger partial charge in [0.2, 0.25) is 0 Å². The molecule has 1 aliphatic rings. The maximum absolute atomic E-state index is 6.42. The SMILES string of the molecule is C\C=C/C1=C(\C=C/C)OCC(C)(CC)COCC(C)(CC)COCCOC(C)C(C)OCC(C)(CC)COCC(C)(CN)COCCO1. The molecule has 0 aromatic rings. The van der Waals surface area contributed by atoms with Crippen molar-refractivity contribution in [3.63, 3.8) is 0 Å². The summed E-state index contributed by atoms with van der Waals surface area (Å²) in [6.07, 6.45) is 10.4. The Balaban J connectivity index is 3.12. The number of allylic oxidation sites excluding steroid dienone is 4. The van der Waals surface area contributed by atoms with Gasteiger partial charge in [0, 0.05) is 28.2 Å². The van der Waals surface area contributed by atoms with E-state index in [0.717, 1.165) is 19.3 Å². The van der Waals surface area contributed by atoms with Crippen LogP contribution in [0.2, 0.25) is 0 Å². The van der Waals surface area contributed by atoms with Crippen LogP contribution in [0.25, 0.3) is 0 Å². The summed E-state index contributed by atoms with van der Waals surface area (Å²) in [6, 6.07) is 0. The number of rotatable bonds is 6. The summed E-state index contributed by atoms with van der Waals surface area (Å²) in [6.45, 7) is 30.0. The van der Waals surface area contributed by atoms with Crippen molar-refractivity contribution in [1.82, 2.24) is 0 Å². The van der Waals surface area contributed by atoms with Gasteiger partial charge in [0.25, 0.3) is 0 Å². The Bertz CT molecular complexity index is 956. The molecule has 48 heavy (non-hydrogen) atoms. The van der Waals surface area contributed by atoms with Gasteiger partial charge in [0.05, 0.1) is 84.9 Å². The molecule has 0 bridgehead atoms. The molecule has 2 N–H and O–H groups in total. The lowest BCUT2D eigenvalue weighted by atomic mass is 9.88. The highest BCUT2D eigenvalue weighted by Gasteiger charge is 2.30. The average molecular weight is 684 g/mol. The highest BCUT2D eigenvalue weighted by molar-refractivity contribution is 5.24. The Morgan fingerprint density at radius 2 is 0.958 bits per heavy atom. The second-order valence-corrected chi connectivity index (χ2v) is 15.1. The second-order valence-electron chi connectivity index (χ2n) is 15.1. The normalized spacial score (nSPS) is 36.2. The third-order valence-electron chi connectivity index (χ3n) is 9.66. The second kappa shape index (κ2) is 23.1. The van der Waals surface area contributed by atoms with Gasteiger partial charge in [-0.15, -0.1) is 0 Å². The molecular formula is C39H73NO8. The summed E-state index contributed by atoms with van der Waals surface area (Å²) in [5, 5.41) is 0. The fraction of sp³-hybridized carbons (Fsp3) is 0.846. The van der Waals surface area contributed by atoms with Crippen LogP contribution in [-0.4, -0.2) is 98.0 Å². The molecule has 0 amide bonds. The molecule has 0 spiro atoms. The third kappa shape index (κ3) is 17.0. The van der Waals surface area contributed by atoms with Crippen molar-refractivity contribution in [3.8, 4) is 0 Å². The first-order valence-electron chi connectivity index (χ1n) is 18.3. The zero-order valence-corrected chi connectivity index (χ0v) is 32.6. The van der Waals surface area contributed by atoms with Crippen LogP contribution in [0.4, 0.5) is 0 Å². The lowest BCUT2D eigenvalue weighted by Crippen LogP contribution is -2.40. The molecule has 1 rings (SSSR count). The van der Waals surface area contributed by atoms with Gasteiger partial charge in [-0.3, -0.25) is 0 Å². The molecule has 0 fully saturated rings. The molecule has 0 aromatic heterocycles. The van der Waals surface area contributed by atoms with Gasteiger partial charge in [0.1, 0.15) is 6.61 Å². The van der Waals surface area contributed by atoms with Crippen molar-refractivity contribution < 1.29 is 37.9 Å². The Morgan fingerprint density at radius 3 is 1.48 bits per heavy atom. The predicted octanol–water partition coefficient (Wildman–Crippen LogP) is 7.49. The molecule has 9 heteroatoms. The van der Waals surface area contributed by atoms with Gasteiger partial charge in [-0.05, 0) is 59.1 Å². The zero-order chi connectivity index (χ0) is 36.1. The van der Waals surface area contributed by atoms with Crippen LogP contribution in [0.15, 0.2) is 35.8 Å². The third-order valence-corrected chi connectivity index (χ3v) is 9.66. The van der Waals surface area contributed by atoms with Crippen LogP contribution in [0.5, 0.6) is 0 Å². The van der Waals surface area contributed by atoms with Gasteiger partial charge in [-0.1, -0.05) is 60.6 Å². The van der Waals surface area contributed by atoms with E-state index in [9.17, 15) is 0 Å². The van der Waals surface area contributed by atoms with Crippen molar-refractivity contribution in [2.24, 2.45) is 27.4 Å². The summed E-state index contributed by atoms with van der Waals surface area (Å²) in [5.41, 5.74) is 5.46. The Labute approximate surface area is 294 Å². The highest BCUT2D eigenvalue weighted by atomic mass is 16.6. The van der Waals surface area contributed by atoms with E-state index in [1.807, 2.05) is 38.2 Å². The lowest BCUT2D eigenvalue weighted by molar-refractivity contribution is -0.108. The topological polar surface area (TPSA) is 99.9 Å². The molecule has 6 unspecified atom stereocenters. The van der Waals surface area contributed by atoms with E-state index in [1.54, 1.807) is 0 Å². The maximum atomic E-state index is 6.42. The van der Waals surface area contributed by atoms with Gasteiger partial charge in [-0.2, -0.15) is 0 Å². The van der Waals surface area contributed by atoms with Crippen LogP contribution >= 0.6 is 0 Å². The van der Waals surface area contributed by atoms with Gasteiger partial charge >= 0.3 is 0 Å².